The number of pyridine rings is 1. The van der Waals surface area contributed by atoms with Crippen LogP contribution in [-0.4, -0.2) is 39.4 Å². The Labute approximate surface area is 128 Å². The number of likely N-dealkylation sites (tertiary alicyclic amines) is 1. The lowest BCUT2D eigenvalue weighted by molar-refractivity contribution is 0.384. The van der Waals surface area contributed by atoms with Gasteiger partial charge in [0.15, 0.2) is 0 Å². The molecule has 3 heterocycles. The number of nitrogens with zero attached hydrogens (tertiary/aromatic N) is 4. The Balaban J connectivity index is 2.05. The predicted molar refractivity (Wildman–Crippen MR) is 88.4 cm³/mol. The lowest BCUT2D eigenvalue weighted by atomic mass is 10.1. The van der Waals surface area contributed by atoms with Crippen LogP contribution in [0.2, 0.25) is 0 Å². The third kappa shape index (κ3) is 1.82. The molecule has 2 aromatic heterocycles. The van der Waals surface area contributed by atoms with Crippen LogP contribution in [0.4, 0.5) is 0 Å². The molecular weight excluding hydrogens is 276 g/mol. The number of aromatic nitrogens is 3. The first-order valence-electron chi connectivity index (χ1n) is 7.71. The number of hydrogen-bond acceptors (Lipinski definition) is 3. The quantitative estimate of drug-likeness (QED) is 0.690. The lowest BCUT2D eigenvalue weighted by Crippen LogP contribution is -2.22. The van der Waals surface area contributed by atoms with E-state index in [9.17, 15) is 4.79 Å². The summed E-state index contributed by atoms with van der Waals surface area (Å²) < 4.78 is 3.79. The van der Waals surface area contributed by atoms with Crippen LogP contribution in [0.5, 0.6) is 0 Å². The zero-order valence-electron chi connectivity index (χ0n) is 13.2. The van der Waals surface area contributed by atoms with Crippen molar-refractivity contribution in [3.63, 3.8) is 0 Å². The first-order chi connectivity index (χ1) is 10.6. The van der Waals surface area contributed by atoms with E-state index in [1.807, 2.05) is 37.0 Å². The van der Waals surface area contributed by atoms with Crippen molar-refractivity contribution in [3.05, 3.63) is 40.3 Å². The van der Waals surface area contributed by atoms with E-state index in [4.69, 9.17) is 0 Å². The summed E-state index contributed by atoms with van der Waals surface area (Å²) in [6.07, 6.45) is 2.98. The van der Waals surface area contributed by atoms with Crippen molar-refractivity contribution in [2.45, 2.75) is 19.4 Å². The molecule has 0 spiro atoms. The number of fused-ring (bicyclic) bond motifs is 3. The van der Waals surface area contributed by atoms with Crippen LogP contribution >= 0.6 is 0 Å². The standard InChI is InChI=1S/C17H20N4O/c1-11-4-5-13-14(8-11)17(22)20(3)16-15(13)9-18-21(16)12-6-7-19(2)10-12/h4-5,8-9,12H,6-7,10H2,1-3H3. The average molecular weight is 296 g/mol. The smallest absolute Gasteiger partial charge is 0.259 e. The first kappa shape index (κ1) is 13.5. The summed E-state index contributed by atoms with van der Waals surface area (Å²) in [5.74, 6) is 0. The van der Waals surface area contributed by atoms with Crippen molar-refractivity contribution in [2.75, 3.05) is 20.1 Å². The highest BCUT2D eigenvalue weighted by Crippen LogP contribution is 2.28. The number of rotatable bonds is 1. The molecule has 0 aliphatic carbocycles. The number of aryl methyl sites for hydroxylation is 2. The third-order valence-corrected chi connectivity index (χ3v) is 4.80. The zero-order chi connectivity index (χ0) is 15.4. The molecule has 4 rings (SSSR count). The van der Waals surface area contributed by atoms with E-state index in [1.165, 1.54) is 0 Å². The van der Waals surface area contributed by atoms with Crippen molar-refractivity contribution < 1.29 is 0 Å². The summed E-state index contributed by atoms with van der Waals surface area (Å²) in [4.78, 5) is 15.0. The van der Waals surface area contributed by atoms with Crippen molar-refractivity contribution in [2.24, 2.45) is 7.05 Å². The molecule has 5 nitrogen and oxygen atoms in total. The van der Waals surface area contributed by atoms with Crippen LogP contribution in [0.15, 0.2) is 29.2 Å². The van der Waals surface area contributed by atoms with Gasteiger partial charge in [-0.05, 0) is 31.8 Å². The fourth-order valence-corrected chi connectivity index (χ4v) is 3.61. The normalized spacial score (nSPS) is 19.5. The van der Waals surface area contributed by atoms with Gasteiger partial charge in [0, 0.05) is 30.9 Å². The molecule has 0 N–H and O–H groups in total. The maximum absolute atomic E-state index is 12.7. The van der Waals surface area contributed by atoms with Gasteiger partial charge in [-0.3, -0.25) is 9.36 Å². The van der Waals surface area contributed by atoms with E-state index in [0.29, 0.717) is 6.04 Å². The van der Waals surface area contributed by atoms with E-state index >= 15 is 0 Å². The van der Waals surface area contributed by atoms with Crippen LogP contribution in [0.3, 0.4) is 0 Å². The molecular formula is C17H20N4O. The number of hydrogen-bond donors (Lipinski definition) is 0. The summed E-state index contributed by atoms with van der Waals surface area (Å²) in [7, 11) is 3.98. The molecule has 0 bridgehead atoms. The fraction of sp³-hybridized carbons (Fsp3) is 0.412. The number of benzene rings is 1. The average Bonchev–Trinajstić information content (AvgIpc) is 3.11. The number of likely N-dealkylation sites (N-methyl/N-ethyl adjacent to an activating group) is 1. The molecule has 1 unspecified atom stereocenters. The van der Waals surface area contributed by atoms with Crippen LogP contribution in [-0.2, 0) is 7.05 Å². The molecule has 1 aliphatic rings. The predicted octanol–water partition coefficient (Wildman–Crippen LogP) is 2.07. The first-order valence-corrected chi connectivity index (χ1v) is 7.71. The SMILES string of the molecule is Cc1ccc2c(c1)c(=O)n(C)c1c2cnn1C1CCN(C)C1. The van der Waals surface area contributed by atoms with Gasteiger partial charge in [-0.25, -0.2) is 4.68 Å². The zero-order valence-corrected chi connectivity index (χ0v) is 13.2. The van der Waals surface area contributed by atoms with Gasteiger partial charge >= 0.3 is 0 Å². The van der Waals surface area contributed by atoms with Crippen molar-refractivity contribution in [1.29, 1.82) is 0 Å². The Morgan fingerprint density at radius 2 is 2.00 bits per heavy atom. The topological polar surface area (TPSA) is 43.1 Å². The maximum Gasteiger partial charge on any atom is 0.259 e. The molecule has 1 fully saturated rings. The highest BCUT2D eigenvalue weighted by atomic mass is 16.1. The van der Waals surface area contributed by atoms with Gasteiger partial charge in [-0.1, -0.05) is 17.7 Å². The highest BCUT2D eigenvalue weighted by molar-refractivity contribution is 6.04. The second-order valence-corrected chi connectivity index (χ2v) is 6.44. The summed E-state index contributed by atoms with van der Waals surface area (Å²) in [6, 6.07) is 6.41. The van der Waals surface area contributed by atoms with Crippen molar-refractivity contribution in [3.8, 4) is 0 Å². The fourth-order valence-electron chi connectivity index (χ4n) is 3.61. The molecule has 0 radical (unpaired) electrons. The van der Waals surface area contributed by atoms with E-state index in [0.717, 1.165) is 46.9 Å². The second-order valence-electron chi connectivity index (χ2n) is 6.44. The van der Waals surface area contributed by atoms with Gasteiger partial charge in [0.1, 0.15) is 5.65 Å². The molecule has 1 saturated heterocycles. The van der Waals surface area contributed by atoms with Gasteiger partial charge in [-0.2, -0.15) is 5.10 Å². The monoisotopic (exact) mass is 296 g/mol. The molecule has 1 aromatic carbocycles. The summed E-state index contributed by atoms with van der Waals surface area (Å²) >= 11 is 0. The minimum absolute atomic E-state index is 0.0549. The minimum Gasteiger partial charge on any atom is -0.304 e. The summed E-state index contributed by atoms with van der Waals surface area (Å²) in [5, 5.41) is 7.46. The molecule has 5 heteroatoms. The molecule has 22 heavy (non-hydrogen) atoms. The molecule has 3 aromatic rings. The molecule has 0 amide bonds. The lowest BCUT2D eigenvalue weighted by Gasteiger charge is -2.15. The maximum atomic E-state index is 12.7. The Kier molecular flexibility index (Phi) is 2.87. The van der Waals surface area contributed by atoms with E-state index < -0.39 is 0 Å². The van der Waals surface area contributed by atoms with E-state index in [-0.39, 0.29) is 5.56 Å². The van der Waals surface area contributed by atoms with Gasteiger partial charge in [0.25, 0.3) is 5.56 Å². The molecule has 1 aliphatic heterocycles. The second kappa shape index (κ2) is 4.68. The van der Waals surface area contributed by atoms with E-state index in [2.05, 4.69) is 23.1 Å². The van der Waals surface area contributed by atoms with Gasteiger partial charge < -0.3 is 4.90 Å². The molecule has 1 atom stereocenters. The molecule has 0 saturated carbocycles. The Hall–Kier alpha value is -2.14. The largest absolute Gasteiger partial charge is 0.304 e. The van der Waals surface area contributed by atoms with Crippen LogP contribution in [0, 0.1) is 6.92 Å². The van der Waals surface area contributed by atoms with Crippen molar-refractivity contribution >= 4 is 21.8 Å². The highest BCUT2D eigenvalue weighted by Gasteiger charge is 2.25. The van der Waals surface area contributed by atoms with Gasteiger partial charge in [0.05, 0.1) is 12.2 Å². The van der Waals surface area contributed by atoms with Crippen molar-refractivity contribution in [1.82, 2.24) is 19.2 Å². The Bertz CT molecular complexity index is 937. The Morgan fingerprint density at radius 1 is 1.18 bits per heavy atom. The summed E-state index contributed by atoms with van der Waals surface area (Å²) in [5.41, 5.74) is 2.09. The Morgan fingerprint density at radius 3 is 2.73 bits per heavy atom. The molecule has 114 valence electrons. The van der Waals surface area contributed by atoms with Gasteiger partial charge in [-0.15, -0.1) is 0 Å². The minimum atomic E-state index is 0.0549. The van der Waals surface area contributed by atoms with Crippen LogP contribution in [0.1, 0.15) is 18.0 Å². The third-order valence-electron chi connectivity index (χ3n) is 4.80. The summed E-state index contributed by atoms with van der Waals surface area (Å²) in [6.45, 7) is 4.07. The van der Waals surface area contributed by atoms with Crippen LogP contribution in [0.25, 0.3) is 21.8 Å². The van der Waals surface area contributed by atoms with Crippen LogP contribution < -0.4 is 5.56 Å². The van der Waals surface area contributed by atoms with Gasteiger partial charge in [0.2, 0.25) is 0 Å². The van der Waals surface area contributed by atoms with E-state index in [1.54, 1.807) is 4.57 Å².